The zero-order valence-corrected chi connectivity index (χ0v) is 7.59. The molecule has 0 saturated heterocycles. The van der Waals surface area contributed by atoms with Crippen molar-refractivity contribution in [3.8, 4) is 5.88 Å². The Bertz CT molecular complexity index is 205. The van der Waals surface area contributed by atoms with Crippen molar-refractivity contribution in [2.45, 2.75) is 13.8 Å². The van der Waals surface area contributed by atoms with Gasteiger partial charge in [0.25, 0.3) is 0 Å². The van der Waals surface area contributed by atoms with E-state index in [-0.39, 0.29) is 0 Å². The summed E-state index contributed by atoms with van der Waals surface area (Å²) < 4.78 is 4.74. The summed E-state index contributed by atoms with van der Waals surface area (Å²) in [5, 5.41) is 0.342. The van der Waals surface area contributed by atoms with Gasteiger partial charge >= 0.3 is 0 Å². The number of halogens is 1. The summed E-state index contributed by atoms with van der Waals surface area (Å²) in [4.78, 5) is 7.51. The van der Waals surface area contributed by atoms with Gasteiger partial charge in [-0.1, -0.05) is 25.4 Å². The van der Waals surface area contributed by atoms with Gasteiger partial charge in [0.1, 0.15) is 0 Å². The van der Waals surface area contributed by atoms with Crippen molar-refractivity contribution in [3.63, 3.8) is 0 Å². The molecule has 0 saturated carbocycles. The van der Waals surface area contributed by atoms with Gasteiger partial charge in [-0.3, -0.25) is 4.98 Å². The van der Waals surface area contributed by atoms with Gasteiger partial charge in [-0.25, -0.2) is 0 Å². The van der Waals surface area contributed by atoms with Gasteiger partial charge in [0.15, 0.2) is 5.15 Å². The van der Waals surface area contributed by atoms with E-state index < -0.39 is 0 Å². The van der Waals surface area contributed by atoms with Gasteiger partial charge in [-0.15, -0.1) is 0 Å². The molecule has 1 heterocycles. The Morgan fingerprint density at radius 1 is 1.36 bits per heavy atom. The van der Waals surface area contributed by atoms with Gasteiger partial charge < -0.3 is 4.74 Å². The molecule has 0 atom stereocenters. The Labute approximate surface area is 71.4 Å². The molecular weight excluding hydrogens is 164 g/mol. The van der Waals surface area contributed by atoms with E-state index in [1.54, 1.807) is 0 Å². The summed E-state index contributed by atoms with van der Waals surface area (Å²) in [6.45, 7) is 4.00. The van der Waals surface area contributed by atoms with E-state index in [1.165, 1.54) is 19.5 Å². The lowest BCUT2D eigenvalue weighted by Crippen LogP contribution is -1.87. The first-order valence-electron chi connectivity index (χ1n) is 3.34. The molecule has 0 radical (unpaired) electrons. The third kappa shape index (κ3) is 3.78. The Kier molecular flexibility index (Phi) is 5.47. The summed E-state index contributed by atoms with van der Waals surface area (Å²) in [7, 11) is 1.51. The highest BCUT2D eigenvalue weighted by Crippen LogP contribution is 2.07. The standard InChI is InChI=1S/C5H5ClN2O.C2H6/c1-9-5-3-7-2-4(6)8-5;1-2/h2-3H,1H3;1-2H3. The number of hydrogen-bond donors (Lipinski definition) is 0. The van der Waals surface area contributed by atoms with Crippen LogP contribution in [0.1, 0.15) is 13.8 Å². The minimum absolute atomic E-state index is 0.342. The van der Waals surface area contributed by atoms with Gasteiger partial charge in [0, 0.05) is 0 Å². The van der Waals surface area contributed by atoms with E-state index in [2.05, 4.69) is 9.97 Å². The maximum Gasteiger partial charge on any atom is 0.233 e. The monoisotopic (exact) mass is 174 g/mol. The lowest BCUT2D eigenvalue weighted by molar-refractivity contribution is 0.396. The van der Waals surface area contributed by atoms with Crippen LogP contribution in [-0.2, 0) is 0 Å². The highest BCUT2D eigenvalue weighted by molar-refractivity contribution is 6.29. The van der Waals surface area contributed by atoms with Crippen LogP contribution in [0, 0.1) is 0 Å². The average Bonchev–Trinajstić information content (AvgIpc) is 2.08. The first kappa shape index (κ1) is 10.2. The molecule has 0 aliphatic carbocycles. The summed E-state index contributed by atoms with van der Waals surface area (Å²) in [6, 6.07) is 0. The van der Waals surface area contributed by atoms with Gasteiger partial charge in [0.2, 0.25) is 5.88 Å². The lowest BCUT2D eigenvalue weighted by atomic mass is 10.7. The molecule has 11 heavy (non-hydrogen) atoms. The van der Waals surface area contributed by atoms with E-state index in [9.17, 15) is 0 Å². The molecular formula is C7H11ClN2O. The van der Waals surface area contributed by atoms with Crippen LogP contribution in [0.5, 0.6) is 5.88 Å². The molecule has 1 rings (SSSR count). The number of aromatic nitrogens is 2. The van der Waals surface area contributed by atoms with Crippen molar-refractivity contribution in [3.05, 3.63) is 17.5 Å². The molecule has 0 aromatic carbocycles. The second kappa shape index (κ2) is 5.92. The third-order valence-electron chi connectivity index (χ3n) is 0.792. The predicted octanol–water partition coefficient (Wildman–Crippen LogP) is 2.16. The van der Waals surface area contributed by atoms with Crippen LogP contribution in [0.3, 0.4) is 0 Å². The van der Waals surface area contributed by atoms with Crippen molar-refractivity contribution >= 4 is 11.6 Å². The molecule has 0 bridgehead atoms. The van der Waals surface area contributed by atoms with Crippen molar-refractivity contribution in [2.75, 3.05) is 7.11 Å². The summed E-state index contributed by atoms with van der Waals surface area (Å²) in [6.07, 6.45) is 2.94. The van der Waals surface area contributed by atoms with E-state index in [0.29, 0.717) is 11.0 Å². The van der Waals surface area contributed by atoms with Crippen molar-refractivity contribution in [1.82, 2.24) is 9.97 Å². The SMILES string of the molecule is CC.COc1cncc(Cl)n1. The molecule has 0 spiro atoms. The quantitative estimate of drug-likeness (QED) is 0.655. The highest BCUT2D eigenvalue weighted by atomic mass is 35.5. The molecule has 0 unspecified atom stereocenters. The Hall–Kier alpha value is -0.830. The average molecular weight is 175 g/mol. The molecule has 1 aromatic rings. The van der Waals surface area contributed by atoms with Gasteiger partial charge in [0.05, 0.1) is 19.5 Å². The largest absolute Gasteiger partial charge is 0.480 e. The van der Waals surface area contributed by atoms with Gasteiger partial charge in [-0.2, -0.15) is 4.98 Å². The Morgan fingerprint density at radius 3 is 2.36 bits per heavy atom. The van der Waals surface area contributed by atoms with Crippen LogP contribution in [-0.4, -0.2) is 17.1 Å². The second-order valence-corrected chi connectivity index (χ2v) is 1.77. The maximum atomic E-state index is 5.47. The minimum atomic E-state index is 0.342. The van der Waals surface area contributed by atoms with E-state index >= 15 is 0 Å². The number of hydrogen-bond acceptors (Lipinski definition) is 3. The van der Waals surface area contributed by atoms with Gasteiger partial charge in [-0.05, 0) is 0 Å². The number of nitrogens with zero attached hydrogens (tertiary/aromatic N) is 2. The van der Waals surface area contributed by atoms with Crippen LogP contribution in [0.15, 0.2) is 12.4 Å². The first-order chi connectivity index (χ1) is 5.33. The number of rotatable bonds is 1. The summed E-state index contributed by atoms with van der Waals surface area (Å²) >= 11 is 5.47. The smallest absolute Gasteiger partial charge is 0.233 e. The zero-order chi connectivity index (χ0) is 8.69. The molecule has 0 N–H and O–H groups in total. The number of methoxy groups -OCH3 is 1. The summed E-state index contributed by atoms with van der Waals surface area (Å²) in [5.41, 5.74) is 0. The fourth-order valence-electron chi connectivity index (χ4n) is 0.424. The molecule has 0 aliphatic rings. The van der Waals surface area contributed by atoms with E-state index in [0.717, 1.165) is 0 Å². The molecule has 3 nitrogen and oxygen atoms in total. The predicted molar refractivity (Wildman–Crippen MR) is 44.9 cm³/mol. The second-order valence-electron chi connectivity index (χ2n) is 1.38. The lowest BCUT2D eigenvalue weighted by Gasteiger charge is -1.94. The fraction of sp³-hybridized carbons (Fsp3) is 0.429. The Balaban J connectivity index is 0.000000461. The molecule has 0 amide bonds. The van der Waals surface area contributed by atoms with Crippen LogP contribution in [0.4, 0.5) is 0 Å². The van der Waals surface area contributed by atoms with E-state index in [1.807, 2.05) is 13.8 Å². The minimum Gasteiger partial charge on any atom is -0.480 e. The van der Waals surface area contributed by atoms with Crippen molar-refractivity contribution in [1.29, 1.82) is 0 Å². The molecule has 4 heteroatoms. The first-order valence-corrected chi connectivity index (χ1v) is 3.72. The van der Waals surface area contributed by atoms with Crippen molar-refractivity contribution < 1.29 is 4.74 Å². The summed E-state index contributed by atoms with van der Waals surface area (Å²) in [5.74, 6) is 0.433. The van der Waals surface area contributed by atoms with Crippen molar-refractivity contribution in [2.24, 2.45) is 0 Å². The Morgan fingerprint density at radius 2 is 2.00 bits per heavy atom. The van der Waals surface area contributed by atoms with E-state index in [4.69, 9.17) is 16.3 Å². The third-order valence-corrected chi connectivity index (χ3v) is 0.974. The maximum absolute atomic E-state index is 5.47. The highest BCUT2D eigenvalue weighted by Gasteiger charge is 1.91. The molecule has 0 fully saturated rings. The van der Waals surface area contributed by atoms with Crippen LogP contribution in [0.2, 0.25) is 5.15 Å². The number of ether oxygens (including phenoxy) is 1. The van der Waals surface area contributed by atoms with Crippen LogP contribution < -0.4 is 4.74 Å². The molecule has 1 aromatic heterocycles. The van der Waals surface area contributed by atoms with Crippen LogP contribution in [0.25, 0.3) is 0 Å². The molecule has 0 aliphatic heterocycles. The van der Waals surface area contributed by atoms with Crippen LogP contribution >= 0.6 is 11.6 Å². The normalized spacial score (nSPS) is 8.00. The zero-order valence-electron chi connectivity index (χ0n) is 6.84. The topological polar surface area (TPSA) is 35.0 Å². The fourth-order valence-corrected chi connectivity index (χ4v) is 0.564. The molecule has 62 valence electrons.